The van der Waals surface area contributed by atoms with Crippen molar-refractivity contribution in [3.8, 4) is 0 Å². The molecule has 0 heterocycles. The van der Waals surface area contributed by atoms with E-state index in [2.05, 4.69) is 5.32 Å². The second kappa shape index (κ2) is 4.10. The van der Waals surface area contributed by atoms with Crippen LogP contribution in [0, 0.1) is 5.92 Å². The van der Waals surface area contributed by atoms with Crippen LogP contribution < -0.4 is 11.1 Å². The van der Waals surface area contributed by atoms with Gasteiger partial charge in [-0.15, -0.1) is 0 Å². The van der Waals surface area contributed by atoms with Gasteiger partial charge in [0.1, 0.15) is 0 Å². The Morgan fingerprint density at radius 2 is 2.13 bits per heavy atom. The molecule has 4 nitrogen and oxygen atoms in total. The molecule has 0 aromatic carbocycles. The molecule has 86 valence electrons. The number of amides is 1. The number of nitrogens with two attached hydrogens (primary N) is 1. The number of carbonyl (C=O) groups excluding carboxylic acids is 1. The third-order valence-electron chi connectivity index (χ3n) is 3.84. The lowest BCUT2D eigenvalue weighted by atomic mass is 9.77. The maximum absolute atomic E-state index is 11.7. The van der Waals surface area contributed by atoms with Gasteiger partial charge in [-0.05, 0) is 32.1 Å². The minimum absolute atomic E-state index is 0.0344. The summed E-state index contributed by atoms with van der Waals surface area (Å²) in [7, 11) is 0. The second-order valence-electron chi connectivity index (χ2n) is 4.98. The summed E-state index contributed by atoms with van der Waals surface area (Å²) in [6, 6.07) is 0. The van der Waals surface area contributed by atoms with Crippen molar-refractivity contribution in [2.45, 2.75) is 50.2 Å². The number of hydrogen-bond acceptors (Lipinski definition) is 3. The highest BCUT2D eigenvalue weighted by Crippen LogP contribution is 2.29. The van der Waals surface area contributed by atoms with Crippen LogP contribution in [0.2, 0.25) is 0 Å². The smallest absolute Gasteiger partial charge is 0.240 e. The monoisotopic (exact) mass is 212 g/mol. The third-order valence-corrected chi connectivity index (χ3v) is 3.84. The van der Waals surface area contributed by atoms with Gasteiger partial charge < -0.3 is 16.2 Å². The van der Waals surface area contributed by atoms with Crippen LogP contribution in [-0.4, -0.2) is 29.2 Å². The first-order valence-corrected chi connectivity index (χ1v) is 5.87. The van der Waals surface area contributed by atoms with E-state index in [0.717, 1.165) is 38.5 Å². The van der Waals surface area contributed by atoms with Crippen LogP contribution in [0.3, 0.4) is 0 Å². The van der Waals surface area contributed by atoms with E-state index in [9.17, 15) is 9.90 Å². The van der Waals surface area contributed by atoms with Crippen molar-refractivity contribution >= 4 is 5.91 Å². The Bertz CT molecular complexity index is 251. The highest BCUT2D eigenvalue weighted by Gasteiger charge is 2.40. The van der Waals surface area contributed by atoms with Gasteiger partial charge in [0.2, 0.25) is 5.91 Å². The van der Waals surface area contributed by atoms with Crippen LogP contribution in [-0.2, 0) is 4.79 Å². The molecule has 15 heavy (non-hydrogen) atoms. The number of carbonyl (C=O) groups is 1. The summed E-state index contributed by atoms with van der Waals surface area (Å²) in [5, 5.41) is 12.5. The summed E-state index contributed by atoms with van der Waals surface area (Å²) >= 11 is 0. The van der Waals surface area contributed by atoms with Gasteiger partial charge in [-0.1, -0.05) is 6.42 Å². The molecule has 0 aliphatic heterocycles. The number of hydrogen-bond donors (Lipinski definition) is 3. The van der Waals surface area contributed by atoms with Gasteiger partial charge in [-0.3, -0.25) is 4.79 Å². The van der Waals surface area contributed by atoms with E-state index < -0.39 is 5.54 Å². The van der Waals surface area contributed by atoms with Gasteiger partial charge >= 0.3 is 0 Å². The highest BCUT2D eigenvalue weighted by molar-refractivity contribution is 5.86. The lowest BCUT2D eigenvalue weighted by Gasteiger charge is -2.36. The first-order valence-electron chi connectivity index (χ1n) is 5.87. The second-order valence-corrected chi connectivity index (χ2v) is 4.98. The van der Waals surface area contributed by atoms with Crippen LogP contribution in [0.4, 0.5) is 0 Å². The SMILES string of the molecule is NC1(C(=O)NCC2CCCC2O)CCC1. The molecule has 0 saturated heterocycles. The van der Waals surface area contributed by atoms with Crippen molar-refractivity contribution in [3.05, 3.63) is 0 Å². The average Bonchev–Trinajstić information content (AvgIpc) is 2.56. The summed E-state index contributed by atoms with van der Waals surface area (Å²) in [6.45, 7) is 0.582. The van der Waals surface area contributed by atoms with Crippen LogP contribution in [0.1, 0.15) is 38.5 Å². The molecule has 2 unspecified atom stereocenters. The number of aliphatic hydroxyl groups excluding tert-OH is 1. The standard InChI is InChI=1S/C11H20N2O2/c12-11(5-2-6-11)10(15)13-7-8-3-1-4-9(8)14/h8-9,14H,1-7,12H2,(H,13,15). The maximum atomic E-state index is 11.7. The van der Waals surface area contributed by atoms with Gasteiger partial charge in [0.15, 0.2) is 0 Å². The van der Waals surface area contributed by atoms with Gasteiger partial charge in [-0.25, -0.2) is 0 Å². The zero-order valence-corrected chi connectivity index (χ0v) is 9.04. The molecule has 0 bridgehead atoms. The highest BCUT2D eigenvalue weighted by atomic mass is 16.3. The Balaban J connectivity index is 1.75. The Morgan fingerprint density at radius 3 is 2.60 bits per heavy atom. The molecule has 1 amide bonds. The van der Waals surface area contributed by atoms with Crippen LogP contribution in [0.5, 0.6) is 0 Å². The van der Waals surface area contributed by atoms with E-state index in [1.54, 1.807) is 0 Å². The molecule has 2 aliphatic rings. The van der Waals surface area contributed by atoms with E-state index in [4.69, 9.17) is 5.73 Å². The number of rotatable bonds is 3. The van der Waals surface area contributed by atoms with Gasteiger partial charge in [0, 0.05) is 12.5 Å². The lowest BCUT2D eigenvalue weighted by molar-refractivity contribution is -0.129. The zero-order chi connectivity index (χ0) is 10.9. The molecular formula is C11H20N2O2. The third kappa shape index (κ3) is 2.16. The van der Waals surface area contributed by atoms with Crippen molar-refractivity contribution in [1.82, 2.24) is 5.32 Å². The molecule has 0 radical (unpaired) electrons. The van der Waals surface area contributed by atoms with E-state index in [1.807, 2.05) is 0 Å². The number of nitrogens with one attached hydrogen (secondary N) is 1. The molecule has 4 N–H and O–H groups in total. The normalized spacial score (nSPS) is 33.5. The summed E-state index contributed by atoms with van der Waals surface area (Å²) in [5.41, 5.74) is 5.28. The van der Waals surface area contributed by atoms with Crippen molar-refractivity contribution < 1.29 is 9.90 Å². The first-order chi connectivity index (χ1) is 7.12. The van der Waals surface area contributed by atoms with Crippen molar-refractivity contribution in [2.24, 2.45) is 11.7 Å². The van der Waals surface area contributed by atoms with E-state index in [1.165, 1.54) is 0 Å². The minimum atomic E-state index is -0.608. The number of aliphatic hydroxyl groups is 1. The Kier molecular flexibility index (Phi) is 2.98. The Labute approximate surface area is 90.2 Å². The van der Waals surface area contributed by atoms with Crippen molar-refractivity contribution in [2.75, 3.05) is 6.54 Å². The average molecular weight is 212 g/mol. The van der Waals surface area contributed by atoms with E-state index in [0.29, 0.717) is 6.54 Å². The Hall–Kier alpha value is -0.610. The van der Waals surface area contributed by atoms with Crippen LogP contribution >= 0.6 is 0 Å². The molecule has 2 fully saturated rings. The van der Waals surface area contributed by atoms with Gasteiger partial charge in [0.25, 0.3) is 0 Å². The summed E-state index contributed by atoms with van der Waals surface area (Å²) in [4.78, 5) is 11.7. The fourth-order valence-electron chi connectivity index (χ4n) is 2.44. The van der Waals surface area contributed by atoms with Crippen molar-refractivity contribution in [3.63, 3.8) is 0 Å². The molecule has 0 aromatic heterocycles. The van der Waals surface area contributed by atoms with Gasteiger partial charge in [-0.2, -0.15) is 0 Å². The summed E-state index contributed by atoms with van der Waals surface area (Å²) in [6.07, 6.45) is 5.36. The lowest BCUT2D eigenvalue weighted by Crippen LogP contribution is -2.59. The van der Waals surface area contributed by atoms with E-state index in [-0.39, 0.29) is 17.9 Å². The molecule has 0 aromatic rings. The molecule has 0 spiro atoms. The van der Waals surface area contributed by atoms with E-state index >= 15 is 0 Å². The molecule has 2 saturated carbocycles. The zero-order valence-electron chi connectivity index (χ0n) is 9.04. The minimum Gasteiger partial charge on any atom is -0.393 e. The fraction of sp³-hybridized carbons (Fsp3) is 0.909. The molecule has 2 rings (SSSR count). The molecule has 2 atom stereocenters. The predicted octanol–water partition coefficient (Wildman–Crippen LogP) is 0.145. The first kappa shape index (κ1) is 10.9. The van der Waals surface area contributed by atoms with Crippen molar-refractivity contribution in [1.29, 1.82) is 0 Å². The Morgan fingerprint density at radius 1 is 1.40 bits per heavy atom. The van der Waals surface area contributed by atoms with Crippen LogP contribution in [0.15, 0.2) is 0 Å². The fourth-order valence-corrected chi connectivity index (χ4v) is 2.44. The largest absolute Gasteiger partial charge is 0.393 e. The molecular weight excluding hydrogens is 192 g/mol. The predicted molar refractivity (Wildman–Crippen MR) is 57.1 cm³/mol. The topological polar surface area (TPSA) is 75.4 Å². The quantitative estimate of drug-likeness (QED) is 0.623. The summed E-state index contributed by atoms with van der Waals surface area (Å²) in [5.74, 6) is 0.200. The van der Waals surface area contributed by atoms with Crippen LogP contribution in [0.25, 0.3) is 0 Å². The maximum Gasteiger partial charge on any atom is 0.240 e. The molecule has 4 heteroatoms. The summed E-state index contributed by atoms with van der Waals surface area (Å²) < 4.78 is 0. The molecule has 2 aliphatic carbocycles. The van der Waals surface area contributed by atoms with Gasteiger partial charge in [0.05, 0.1) is 11.6 Å².